The number of nitrogens with one attached hydrogen (secondary N) is 2. The second-order valence-corrected chi connectivity index (χ2v) is 7.93. The lowest BCUT2D eigenvalue weighted by atomic mass is 10.0. The third-order valence-electron chi connectivity index (χ3n) is 4.66. The number of carbonyl (C=O) groups excluding carboxylic acids is 2. The van der Waals surface area contributed by atoms with Crippen LogP contribution in [0.25, 0.3) is 0 Å². The molecular weight excluding hydrogens is 455 g/mol. The largest absolute Gasteiger partial charge is 0.453 e. The van der Waals surface area contributed by atoms with Gasteiger partial charge in [0.2, 0.25) is 5.91 Å². The van der Waals surface area contributed by atoms with Gasteiger partial charge in [-0.05, 0) is 28.5 Å². The van der Waals surface area contributed by atoms with Crippen LogP contribution in [0.15, 0.2) is 6.20 Å². The maximum atomic E-state index is 13.3. The van der Waals surface area contributed by atoms with E-state index in [0.717, 1.165) is 3.70 Å². The lowest BCUT2D eigenvalue weighted by Gasteiger charge is -2.30. The Morgan fingerprint density at radius 3 is 2.69 bits per heavy atom. The first kappa shape index (κ1) is 19.4. The van der Waals surface area contributed by atoms with Gasteiger partial charge in [-0.15, -0.1) is 0 Å². The molecule has 3 rings (SSSR count). The van der Waals surface area contributed by atoms with E-state index in [9.17, 15) is 9.59 Å². The Morgan fingerprint density at radius 1 is 1.46 bits per heavy atom. The van der Waals surface area contributed by atoms with Crippen LogP contribution >= 0.6 is 22.6 Å². The molecule has 0 radical (unpaired) electrons. The van der Waals surface area contributed by atoms with Crippen molar-refractivity contribution in [2.24, 2.45) is 5.92 Å². The average molecular weight is 478 g/mol. The summed E-state index contributed by atoms with van der Waals surface area (Å²) in [5.41, 5.74) is 0. The molecular formula is C16H23IN4O5. The van der Waals surface area contributed by atoms with Gasteiger partial charge in [0.15, 0.2) is 5.79 Å². The van der Waals surface area contributed by atoms with Crippen molar-refractivity contribution in [1.29, 1.82) is 0 Å². The van der Waals surface area contributed by atoms with Crippen molar-refractivity contribution in [3.05, 3.63) is 15.7 Å². The maximum absolute atomic E-state index is 13.3. The number of imidazole rings is 1. The van der Waals surface area contributed by atoms with Gasteiger partial charge in [0, 0.05) is 6.42 Å². The first-order valence-corrected chi connectivity index (χ1v) is 9.56. The van der Waals surface area contributed by atoms with Crippen molar-refractivity contribution in [1.82, 2.24) is 20.2 Å². The highest BCUT2D eigenvalue weighted by atomic mass is 127. The first-order chi connectivity index (χ1) is 12.3. The summed E-state index contributed by atoms with van der Waals surface area (Å²) in [6.45, 7) is 5.03. The molecule has 2 aliphatic heterocycles. The smallest absolute Gasteiger partial charge is 0.407 e. The zero-order valence-corrected chi connectivity index (χ0v) is 17.1. The van der Waals surface area contributed by atoms with Gasteiger partial charge in [-0.3, -0.25) is 4.79 Å². The molecule has 26 heavy (non-hydrogen) atoms. The molecule has 0 aliphatic carbocycles. The summed E-state index contributed by atoms with van der Waals surface area (Å²) >= 11 is 2.14. The van der Waals surface area contributed by atoms with Crippen LogP contribution in [0.2, 0.25) is 0 Å². The van der Waals surface area contributed by atoms with Gasteiger partial charge < -0.3 is 29.4 Å². The second kappa shape index (κ2) is 7.69. The number of H-pyrrole nitrogens is 1. The Balaban J connectivity index is 1.87. The van der Waals surface area contributed by atoms with Gasteiger partial charge in [-0.25, -0.2) is 9.78 Å². The number of nitrogens with zero attached hydrogens (tertiary/aromatic N) is 2. The van der Waals surface area contributed by atoms with E-state index in [1.165, 1.54) is 7.11 Å². The van der Waals surface area contributed by atoms with Gasteiger partial charge in [0.1, 0.15) is 11.9 Å². The van der Waals surface area contributed by atoms with Crippen LogP contribution in [0.3, 0.4) is 0 Å². The second-order valence-electron chi connectivity index (χ2n) is 6.77. The molecule has 2 aliphatic rings. The van der Waals surface area contributed by atoms with Crippen molar-refractivity contribution in [3.8, 4) is 0 Å². The van der Waals surface area contributed by atoms with Gasteiger partial charge in [-0.2, -0.15) is 0 Å². The number of hydrogen-bond acceptors (Lipinski definition) is 6. The lowest BCUT2D eigenvalue weighted by molar-refractivity contribution is -0.153. The van der Waals surface area contributed by atoms with E-state index in [0.29, 0.717) is 32.0 Å². The summed E-state index contributed by atoms with van der Waals surface area (Å²) < 4.78 is 17.2. The topological polar surface area (TPSA) is 106 Å². The monoisotopic (exact) mass is 478 g/mol. The fraction of sp³-hybridized carbons (Fsp3) is 0.688. The van der Waals surface area contributed by atoms with Crippen LogP contribution in [-0.4, -0.2) is 65.6 Å². The van der Waals surface area contributed by atoms with Crippen molar-refractivity contribution >= 4 is 34.6 Å². The first-order valence-electron chi connectivity index (χ1n) is 8.48. The molecule has 0 aromatic carbocycles. The van der Waals surface area contributed by atoms with Crippen molar-refractivity contribution in [3.63, 3.8) is 0 Å². The molecule has 1 spiro atoms. The maximum Gasteiger partial charge on any atom is 0.407 e. The highest BCUT2D eigenvalue weighted by Gasteiger charge is 2.52. The molecule has 2 atom stereocenters. The predicted octanol–water partition coefficient (Wildman–Crippen LogP) is 1.41. The van der Waals surface area contributed by atoms with E-state index in [4.69, 9.17) is 9.47 Å². The van der Waals surface area contributed by atoms with Crippen LogP contribution < -0.4 is 5.32 Å². The molecule has 1 aromatic rings. The van der Waals surface area contributed by atoms with E-state index >= 15 is 0 Å². The fourth-order valence-electron chi connectivity index (χ4n) is 3.38. The van der Waals surface area contributed by atoms with Crippen molar-refractivity contribution in [2.75, 3.05) is 26.9 Å². The number of aromatic amines is 1. The van der Waals surface area contributed by atoms with Crippen LogP contribution in [0.1, 0.15) is 32.1 Å². The minimum atomic E-state index is -0.814. The molecule has 3 heterocycles. The molecule has 0 saturated carbocycles. The van der Waals surface area contributed by atoms with E-state index in [2.05, 4.69) is 42.6 Å². The minimum Gasteiger partial charge on any atom is -0.453 e. The summed E-state index contributed by atoms with van der Waals surface area (Å²) in [5.74, 6) is -0.455. The standard InChI is InChI=1S/C16H23IN4O5/c1-9(2)12(20-15(23)24-3)14(22)21-8-16(25-4-5-26-16)6-10(21)13-18-7-11(17)19-13/h7,9-10,12H,4-6,8H2,1-3H3,(H,18,19)(H,20,23)/t10-,12-/m0/s1. The van der Waals surface area contributed by atoms with E-state index < -0.39 is 17.9 Å². The third kappa shape index (κ3) is 3.81. The number of carbonyl (C=O) groups is 2. The Hall–Kier alpha value is -1.40. The van der Waals surface area contributed by atoms with Crippen LogP contribution in [0.4, 0.5) is 4.79 Å². The number of likely N-dealkylation sites (tertiary alicyclic amines) is 1. The Labute approximate surface area is 165 Å². The Bertz CT molecular complexity index is 673. The van der Waals surface area contributed by atoms with Crippen LogP contribution in [-0.2, 0) is 19.0 Å². The molecule has 9 nitrogen and oxygen atoms in total. The van der Waals surface area contributed by atoms with Crippen molar-refractivity contribution in [2.45, 2.75) is 38.1 Å². The quantitative estimate of drug-likeness (QED) is 0.635. The van der Waals surface area contributed by atoms with Gasteiger partial charge in [0.05, 0.1) is 42.8 Å². The summed E-state index contributed by atoms with van der Waals surface area (Å²) in [6, 6.07) is -1.03. The van der Waals surface area contributed by atoms with Gasteiger partial charge in [-0.1, -0.05) is 13.8 Å². The number of amides is 2. The third-order valence-corrected chi connectivity index (χ3v) is 5.21. The Morgan fingerprint density at radius 2 is 2.15 bits per heavy atom. The molecule has 10 heteroatoms. The van der Waals surface area contributed by atoms with E-state index in [1.54, 1.807) is 11.1 Å². The number of rotatable bonds is 4. The molecule has 144 valence electrons. The SMILES string of the molecule is COC(=O)N[C@H](C(=O)N1CC2(C[C@H]1c1ncc(I)[nH]1)OCCO2)C(C)C. The number of hydrogen-bond donors (Lipinski definition) is 2. The van der Waals surface area contributed by atoms with Gasteiger partial charge >= 0.3 is 6.09 Å². The molecule has 1 aromatic heterocycles. The molecule has 2 fully saturated rings. The number of aromatic nitrogens is 2. The van der Waals surface area contributed by atoms with E-state index in [-0.39, 0.29) is 17.9 Å². The van der Waals surface area contributed by atoms with Crippen LogP contribution in [0.5, 0.6) is 0 Å². The summed E-state index contributed by atoms with van der Waals surface area (Å²) in [6.07, 6.45) is 1.57. The number of halogens is 1. The summed E-state index contributed by atoms with van der Waals surface area (Å²) in [5, 5.41) is 2.63. The Kier molecular flexibility index (Phi) is 5.72. The highest BCUT2D eigenvalue weighted by molar-refractivity contribution is 14.1. The molecule has 0 bridgehead atoms. The highest BCUT2D eigenvalue weighted by Crippen LogP contribution is 2.42. The number of methoxy groups -OCH3 is 1. The molecule has 0 unspecified atom stereocenters. The van der Waals surface area contributed by atoms with Gasteiger partial charge in [0.25, 0.3) is 0 Å². The van der Waals surface area contributed by atoms with Crippen molar-refractivity contribution < 1.29 is 23.8 Å². The normalized spacial score (nSPS) is 22.8. The summed E-state index contributed by atoms with van der Waals surface area (Å²) in [4.78, 5) is 34.2. The fourth-order valence-corrected chi connectivity index (χ4v) is 3.80. The number of alkyl carbamates (subject to hydrolysis) is 1. The number of ether oxygens (including phenoxy) is 3. The zero-order chi connectivity index (χ0) is 18.9. The average Bonchev–Trinajstić information content (AvgIpc) is 3.32. The molecule has 2 amide bonds. The molecule has 2 saturated heterocycles. The predicted molar refractivity (Wildman–Crippen MR) is 99.2 cm³/mol. The lowest BCUT2D eigenvalue weighted by Crippen LogP contribution is -2.52. The van der Waals surface area contributed by atoms with E-state index in [1.807, 2.05) is 13.8 Å². The summed E-state index contributed by atoms with van der Waals surface area (Å²) in [7, 11) is 1.27. The zero-order valence-electron chi connectivity index (χ0n) is 15.0. The minimum absolute atomic E-state index is 0.110. The molecule has 2 N–H and O–H groups in total. The van der Waals surface area contributed by atoms with Crippen LogP contribution in [0, 0.1) is 9.62 Å².